The van der Waals surface area contributed by atoms with E-state index in [4.69, 9.17) is 9.15 Å². The van der Waals surface area contributed by atoms with Crippen molar-refractivity contribution in [1.29, 1.82) is 0 Å². The second-order valence-electron chi connectivity index (χ2n) is 6.00. The van der Waals surface area contributed by atoms with Gasteiger partial charge in [-0.3, -0.25) is 4.79 Å². The average molecular weight is 366 g/mol. The van der Waals surface area contributed by atoms with E-state index in [1.54, 1.807) is 30.3 Å². The number of ether oxygens (including phenoxy) is 1. The van der Waals surface area contributed by atoms with E-state index in [0.29, 0.717) is 22.4 Å². The molecule has 0 bridgehead atoms. The number of hydrogen-bond donors (Lipinski definition) is 1. The normalized spacial score (nSPS) is 10.6. The van der Waals surface area contributed by atoms with Crippen LogP contribution >= 0.6 is 0 Å². The van der Waals surface area contributed by atoms with Gasteiger partial charge in [-0.15, -0.1) is 0 Å². The molecule has 0 saturated carbocycles. The van der Waals surface area contributed by atoms with Gasteiger partial charge < -0.3 is 19.4 Å². The molecule has 1 aromatic heterocycles. The maximum atomic E-state index is 12.6. The molecule has 0 spiro atoms. The van der Waals surface area contributed by atoms with E-state index in [-0.39, 0.29) is 5.56 Å². The number of fused-ring (bicyclic) bond motifs is 1. The number of hydrogen-bond acceptors (Lipinski definition) is 5. The fourth-order valence-electron chi connectivity index (χ4n) is 2.98. The van der Waals surface area contributed by atoms with Gasteiger partial charge in [-0.25, -0.2) is 4.79 Å². The van der Waals surface area contributed by atoms with Gasteiger partial charge in [0.15, 0.2) is 0 Å². The molecule has 1 heterocycles. The fourth-order valence-corrected chi connectivity index (χ4v) is 2.98. The van der Waals surface area contributed by atoms with Gasteiger partial charge in [-0.2, -0.15) is 0 Å². The minimum Gasteiger partial charge on any atom is -0.495 e. The molecule has 0 aliphatic carbocycles. The quantitative estimate of drug-likeness (QED) is 0.670. The standard InChI is InChI=1S/C21H22N2O4/c1-4-23(5-2)15-11-10-14-12-16(21(25)27-19(14)13-15)20(24)22-17-8-6-7-9-18(17)26-3/h6-13H,4-5H2,1-3H3,(H,22,24). The lowest BCUT2D eigenvalue weighted by Crippen LogP contribution is -2.22. The summed E-state index contributed by atoms with van der Waals surface area (Å²) in [5.41, 5.74) is 1.19. The lowest BCUT2D eigenvalue weighted by molar-refractivity contribution is 0.102. The molecule has 0 saturated heterocycles. The molecule has 6 heteroatoms. The van der Waals surface area contributed by atoms with Gasteiger partial charge in [0.05, 0.1) is 12.8 Å². The molecule has 0 unspecified atom stereocenters. The molecule has 0 aliphatic rings. The zero-order valence-corrected chi connectivity index (χ0v) is 15.6. The van der Waals surface area contributed by atoms with Crippen molar-refractivity contribution in [2.45, 2.75) is 13.8 Å². The Labute approximate surface area is 157 Å². The van der Waals surface area contributed by atoms with E-state index in [1.165, 1.54) is 7.11 Å². The van der Waals surface area contributed by atoms with E-state index in [2.05, 4.69) is 24.1 Å². The first-order chi connectivity index (χ1) is 13.1. The summed E-state index contributed by atoms with van der Waals surface area (Å²) >= 11 is 0. The monoisotopic (exact) mass is 366 g/mol. The Kier molecular flexibility index (Phi) is 5.45. The summed E-state index contributed by atoms with van der Waals surface area (Å²) < 4.78 is 10.6. The van der Waals surface area contributed by atoms with Crippen LogP contribution in [-0.2, 0) is 0 Å². The van der Waals surface area contributed by atoms with Crippen LogP contribution in [0.3, 0.4) is 0 Å². The fraction of sp³-hybridized carbons (Fsp3) is 0.238. The summed E-state index contributed by atoms with van der Waals surface area (Å²) in [6, 6.07) is 14.2. The Morgan fingerprint density at radius 1 is 1.11 bits per heavy atom. The molecule has 6 nitrogen and oxygen atoms in total. The summed E-state index contributed by atoms with van der Waals surface area (Å²) in [5, 5.41) is 3.39. The van der Waals surface area contributed by atoms with Crippen molar-refractivity contribution in [3.05, 3.63) is 64.5 Å². The number of amides is 1. The van der Waals surface area contributed by atoms with Crippen molar-refractivity contribution in [2.24, 2.45) is 0 Å². The van der Waals surface area contributed by atoms with E-state index >= 15 is 0 Å². The Morgan fingerprint density at radius 3 is 2.56 bits per heavy atom. The number of methoxy groups -OCH3 is 1. The molecular formula is C21H22N2O4. The molecule has 27 heavy (non-hydrogen) atoms. The van der Waals surface area contributed by atoms with E-state index in [0.717, 1.165) is 18.8 Å². The van der Waals surface area contributed by atoms with Gasteiger partial charge in [-0.1, -0.05) is 12.1 Å². The molecule has 3 rings (SSSR count). The number of rotatable bonds is 6. The summed E-state index contributed by atoms with van der Waals surface area (Å²) in [5.74, 6) is -0.0251. The SMILES string of the molecule is CCN(CC)c1ccc2cc(C(=O)Nc3ccccc3OC)c(=O)oc2c1. The third-order valence-electron chi connectivity index (χ3n) is 4.45. The summed E-state index contributed by atoms with van der Waals surface area (Å²) in [6.07, 6.45) is 0. The number of anilines is 2. The first kappa shape index (κ1) is 18.5. The van der Waals surface area contributed by atoms with Gasteiger partial charge in [0.1, 0.15) is 16.9 Å². The van der Waals surface area contributed by atoms with Crippen LogP contribution in [0.2, 0.25) is 0 Å². The first-order valence-electron chi connectivity index (χ1n) is 8.84. The van der Waals surface area contributed by atoms with Crippen molar-refractivity contribution in [1.82, 2.24) is 0 Å². The predicted molar refractivity (Wildman–Crippen MR) is 107 cm³/mol. The van der Waals surface area contributed by atoms with Crippen molar-refractivity contribution in [2.75, 3.05) is 30.4 Å². The molecule has 3 aromatic rings. The lowest BCUT2D eigenvalue weighted by atomic mass is 10.1. The van der Waals surface area contributed by atoms with Crippen molar-refractivity contribution in [3.63, 3.8) is 0 Å². The third kappa shape index (κ3) is 3.79. The van der Waals surface area contributed by atoms with Gasteiger partial charge in [-0.05, 0) is 44.2 Å². The molecule has 0 fully saturated rings. The van der Waals surface area contributed by atoms with Crippen LogP contribution in [0.15, 0.2) is 57.7 Å². The minimum absolute atomic E-state index is 0.0519. The highest BCUT2D eigenvalue weighted by molar-refractivity contribution is 6.06. The lowest BCUT2D eigenvalue weighted by Gasteiger charge is -2.21. The minimum atomic E-state index is -0.674. The number of para-hydroxylation sites is 2. The van der Waals surface area contributed by atoms with Crippen molar-refractivity contribution >= 4 is 28.3 Å². The van der Waals surface area contributed by atoms with Crippen molar-refractivity contribution < 1.29 is 13.9 Å². The van der Waals surface area contributed by atoms with E-state index in [1.807, 2.05) is 18.2 Å². The van der Waals surface area contributed by atoms with Gasteiger partial charge in [0, 0.05) is 30.2 Å². The summed E-state index contributed by atoms with van der Waals surface area (Å²) in [4.78, 5) is 27.1. The van der Waals surface area contributed by atoms with Crippen LogP contribution in [-0.4, -0.2) is 26.1 Å². The Bertz CT molecular complexity index is 1020. The molecule has 1 amide bonds. The second-order valence-corrected chi connectivity index (χ2v) is 6.00. The Morgan fingerprint density at radius 2 is 1.85 bits per heavy atom. The highest BCUT2D eigenvalue weighted by atomic mass is 16.5. The maximum Gasteiger partial charge on any atom is 0.349 e. The summed E-state index contributed by atoms with van der Waals surface area (Å²) in [6.45, 7) is 5.83. The molecule has 0 aliphatic heterocycles. The van der Waals surface area contributed by atoms with Crippen molar-refractivity contribution in [3.8, 4) is 5.75 Å². The van der Waals surface area contributed by atoms with Gasteiger partial charge >= 0.3 is 5.63 Å². The van der Waals surface area contributed by atoms with Crippen LogP contribution in [0.1, 0.15) is 24.2 Å². The number of nitrogens with one attached hydrogen (secondary N) is 1. The second kappa shape index (κ2) is 7.95. The maximum absolute atomic E-state index is 12.6. The molecule has 0 radical (unpaired) electrons. The smallest absolute Gasteiger partial charge is 0.349 e. The number of carbonyl (C=O) groups excluding carboxylic acids is 1. The van der Waals surface area contributed by atoms with Crippen LogP contribution in [0.4, 0.5) is 11.4 Å². The zero-order chi connectivity index (χ0) is 19.4. The highest BCUT2D eigenvalue weighted by Gasteiger charge is 2.16. The van der Waals surface area contributed by atoms with E-state index < -0.39 is 11.5 Å². The Hall–Kier alpha value is -3.28. The molecule has 1 N–H and O–H groups in total. The average Bonchev–Trinajstić information content (AvgIpc) is 2.68. The number of benzene rings is 2. The third-order valence-corrected chi connectivity index (χ3v) is 4.45. The van der Waals surface area contributed by atoms with Crippen LogP contribution in [0, 0.1) is 0 Å². The highest BCUT2D eigenvalue weighted by Crippen LogP contribution is 2.25. The van der Waals surface area contributed by atoms with Crippen LogP contribution < -0.4 is 20.6 Å². The summed E-state index contributed by atoms with van der Waals surface area (Å²) in [7, 11) is 1.52. The topological polar surface area (TPSA) is 71.8 Å². The van der Waals surface area contributed by atoms with E-state index in [9.17, 15) is 9.59 Å². The molecular weight excluding hydrogens is 344 g/mol. The predicted octanol–water partition coefficient (Wildman–Crippen LogP) is 3.90. The van der Waals surface area contributed by atoms with Crippen LogP contribution in [0.25, 0.3) is 11.0 Å². The molecule has 140 valence electrons. The number of carbonyl (C=O) groups is 1. The first-order valence-corrected chi connectivity index (χ1v) is 8.84. The Balaban J connectivity index is 1.95. The van der Waals surface area contributed by atoms with Gasteiger partial charge in [0.2, 0.25) is 0 Å². The molecule has 0 atom stereocenters. The van der Waals surface area contributed by atoms with Crippen LogP contribution in [0.5, 0.6) is 5.75 Å². The zero-order valence-electron chi connectivity index (χ0n) is 15.6. The molecule has 2 aromatic carbocycles. The number of nitrogens with zero attached hydrogens (tertiary/aromatic N) is 1. The van der Waals surface area contributed by atoms with Gasteiger partial charge in [0.25, 0.3) is 5.91 Å². The largest absolute Gasteiger partial charge is 0.495 e.